The Bertz CT molecular complexity index is 892. The molecule has 0 atom stereocenters. The Kier molecular flexibility index (Phi) is 4.66. The molecule has 0 amide bonds. The minimum atomic E-state index is -0.622. The third kappa shape index (κ3) is 3.17. The van der Waals surface area contributed by atoms with Gasteiger partial charge in [-0.15, -0.1) is 0 Å². The fraction of sp³-hybridized carbons (Fsp3) is 0.100. The Morgan fingerprint density at radius 3 is 2.20 bits per heavy atom. The molecule has 0 N–H and O–H groups in total. The minimum Gasteiger partial charge on any atom is -0.497 e. The van der Waals surface area contributed by atoms with Crippen molar-refractivity contribution in [1.82, 2.24) is 0 Å². The van der Waals surface area contributed by atoms with Gasteiger partial charge in [0.2, 0.25) is 0 Å². The van der Waals surface area contributed by atoms with Gasteiger partial charge in [-0.2, -0.15) is 0 Å². The lowest BCUT2D eigenvalue weighted by molar-refractivity contribution is 0.0597. The van der Waals surface area contributed by atoms with Crippen molar-refractivity contribution in [2.45, 2.75) is 0 Å². The Balaban J connectivity index is 2.12. The van der Waals surface area contributed by atoms with Crippen molar-refractivity contribution in [2.75, 3.05) is 14.2 Å². The molecule has 1 aromatic heterocycles. The Labute approximate surface area is 144 Å². The molecule has 25 heavy (non-hydrogen) atoms. The Hall–Kier alpha value is -3.34. The minimum absolute atomic E-state index is 0.0992. The van der Waals surface area contributed by atoms with Gasteiger partial charge in [0.05, 0.1) is 19.8 Å². The van der Waals surface area contributed by atoms with E-state index in [4.69, 9.17) is 13.9 Å². The zero-order valence-electron chi connectivity index (χ0n) is 13.8. The van der Waals surface area contributed by atoms with E-state index in [1.807, 2.05) is 30.3 Å². The van der Waals surface area contributed by atoms with Gasteiger partial charge in [0, 0.05) is 11.1 Å². The summed E-state index contributed by atoms with van der Waals surface area (Å²) in [5, 5.41) is 0. The van der Waals surface area contributed by atoms with Gasteiger partial charge >= 0.3 is 5.97 Å². The van der Waals surface area contributed by atoms with Crippen LogP contribution in [0.1, 0.15) is 26.3 Å². The van der Waals surface area contributed by atoms with E-state index < -0.39 is 5.97 Å². The summed E-state index contributed by atoms with van der Waals surface area (Å²) >= 11 is 0. The molecule has 0 saturated carbocycles. The van der Waals surface area contributed by atoms with E-state index in [1.54, 1.807) is 31.4 Å². The molecule has 0 bridgehead atoms. The number of methoxy groups -OCH3 is 2. The number of esters is 1. The molecule has 3 aromatic rings. The van der Waals surface area contributed by atoms with Gasteiger partial charge in [-0.1, -0.05) is 30.3 Å². The largest absolute Gasteiger partial charge is 0.497 e. The second-order valence-corrected chi connectivity index (χ2v) is 5.27. The van der Waals surface area contributed by atoms with Crippen LogP contribution >= 0.6 is 0 Å². The molecule has 126 valence electrons. The molecule has 3 rings (SSSR count). The third-order valence-electron chi connectivity index (χ3n) is 3.81. The molecule has 5 nitrogen and oxygen atoms in total. The average Bonchev–Trinajstić information content (AvgIpc) is 3.12. The van der Waals surface area contributed by atoms with Crippen LogP contribution in [0.4, 0.5) is 0 Å². The van der Waals surface area contributed by atoms with Gasteiger partial charge in [-0.3, -0.25) is 4.79 Å². The molecule has 2 aromatic carbocycles. The summed E-state index contributed by atoms with van der Waals surface area (Å²) in [6.45, 7) is 0. The number of ether oxygens (including phenoxy) is 2. The Morgan fingerprint density at radius 1 is 0.920 bits per heavy atom. The number of furan rings is 1. The molecule has 1 heterocycles. The number of ketones is 1. The van der Waals surface area contributed by atoms with E-state index in [1.165, 1.54) is 13.4 Å². The molecular formula is C20H16O5. The summed E-state index contributed by atoms with van der Waals surface area (Å²) in [5.41, 5.74) is 1.41. The first kappa shape index (κ1) is 16.5. The average molecular weight is 336 g/mol. The SMILES string of the molecule is COC(=O)c1coc(-c2ccccc2)c1C(=O)c1ccc(OC)cc1. The van der Waals surface area contributed by atoms with E-state index in [2.05, 4.69) is 0 Å². The fourth-order valence-electron chi connectivity index (χ4n) is 2.53. The molecule has 5 heteroatoms. The van der Waals surface area contributed by atoms with E-state index in [-0.39, 0.29) is 16.9 Å². The molecule has 0 aliphatic rings. The van der Waals surface area contributed by atoms with Crippen LogP contribution in [-0.4, -0.2) is 26.0 Å². The van der Waals surface area contributed by atoms with Crippen LogP contribution in [0, 0.1) is 0 Å². The first-order chi connectivity index (χ1) is 12.2. The quantitative estimate of drug-likeness (QED) is 0.521. The molecule has 0 fully saturated rings. The van der Waals surface area contributed by atoms with Crippen LogP contribution < -0.4 is 4.74 Å². The zero-order chi connectivity index (χ0) is 17.8. The van der Waals surface area contributed by atoms with Crippen molar-refractivity contribution in [3.05, 3.63) is 77.6 Å². The van der Waals surface area contributed by atoms with E-state index in [0.29, 0.717) is 22.6 Å². The van der Waals surface area contributed by atoms with Gasteiger partial charge in [0.25, 0.3) is 0 Å². The van der Waals surface area contributed by atoms with Gasteiger partial charge in [-0.05, 0) is 24.3 Å². The van der Waals surface area contributed by atoms with Crippen molar-refractivity contribution in [2.24, 2.45) is 0 Å². The van der Waals surface area contributed by atoms with Crippen LogP contribution in [0.25, 0.3) is 11.3 Å². The molecular weight excluding hydrogens is 320 g/mol. The highest BCUT2D eigenvalue weighted by Gasteiger charge is 2.27. The van der Waals surface area contributed by atoms with Crippen LogP contribution in [0.2, 0.25) is 0 Å². The number of carbonyl (C=O) groups is 2. The maximum absolute atomic E-state index is 13.0. The van der Waals surface area contributed by atoms with Crippen LogP contribution in [-0.2, 0) is 4.74 Å². The van der Waals surface area contributed by atoms with Crippen molar-refractivity contribution >= 4 is 11.8 Å². The standard InChI is InChI=1S/C20H16O5/c1-23-15-10-8-13(9-11-15)18(21)17-16(20(22)24-2)12-25-19(17)14-6-4-3-5-7-14/h3-12H,1-2H3. The summed E-state index contributed by atoms with van der Waals surface area (Å²) in [4.78, 5) is 25.1. The van der Waals surface area contributed by atoms with Crippen LogP contribution in [0.5, 0.6) is 5.75 Å². The number of hydrogen-bond donors (Lipinski definition) is 0. The summed E-state index contributed by atoms with van der Waals surface area (Å²) in [6.07, 6.45) is 1.25. The highest BCUT2D eigenvalue weighted by atomic mass is 16.5. The monoisotopic (exact) mass is 336 g/mol. The van der Waals surface area contributed by atoms with Crippen molar-refractivity contribution in [3.8, 4) is 17.1 Å². The predicted molar refractivity (Wildman–Crippen MR) is 91.9 cm³/mol. The number of rotatable bonds is 5. The highest BCUT2D eigenvalue weighted by Crippen LogP contribution is 2.31. The van der Waals surface area contributed by atoms with Crippen LogP contribution in [0.15, 0.2) is 65.3 Å². The second-order valence-electron chi connectivity index (χ2n) is 5.27. The van der Waals surface area contributed by atoms with Gasteiger partial charge in [0.15, 0.2) is 5.78 Å². The number of hydrogen-bond acceptors (Lipinski definition) is 5. The molecule has 0 aliphatic carbocycles. The normalized spacial score (nSPS) is 10.3. The van der Waals surface area contributed by atoms with E-state index >= 15 is 0 Å². The molecule has 0 saturated heterocycles. The summed E-state index contributed by atoms with van der Waals surface area (Å²) in [5.74, 6) is 0.0282. The number of benzene rings is 2. The highest BCUT2D eigenvalue weighted by molar-refractivity contribution is 6.17. The Morgan fingerprint density at radius 2 is 1.60 bits per heavy atom. The number of carbonyl (C=O) groups excluding carboxylic acids is 2. The van der Waals surface area contributed by atoms with E-state index in [0.717, 1.165) is 0 Å². The van der Waals surface area contributed by atoms with Gasteiger partial charge < -0.3 is 13.9 Å². The summed E-state index contributed by atoms with van der Waals surface area (Å²) in [6, 6.07) is 15.8. The molecule has 0 unspecified atom stereocenters. The first-order valence-corrected chi connectivity index (χ1v) is 7.59. The van der Waals surface area contributed by atoms with Crippen molar-refractivity contribution in [3.63, 3.8) is 0 Å². The van der Waals surface area contributed by atoms with Gasteiger partial charge in [0.1, 0.15) is 23.3 Å². The van der Waals surface area contributed by atoms with E-state index in [9.17, 15) is 9.59 Å². The first-order valence-electron chi connectivity index (χ1n) is 7.59. The molecule has 0 radical (unpaired) electrons. The molecule has 0 aliphatic heterocycles. The topological polar surface area (TPSA) is 65.7 Å². The zero-order valence-corrected chi connectivity index (χ0v) is 13.8. The lowest BCUT2D eigenvalue weighted by Crippen LogP contribution is -2.10. The van der Waals surface area contributed by atoms with Crippen molar-refractivity contribution < 1.29 is 23.5 Å². The second kappa shape index (κ2) is 7.05. The van der Waals surface area contributed by atoms with Crippen LogP contribution in [0.3, 0.4) is 0 Å². The summed E-state index contributed by atoms with van der Waals surface area (Å²) in [7, 11) is 2.81. The maximum atomic E-state index is 13.0. The lowest BCUT2D eigenvalue weighted by Gasteiger charge is -2.06. The molecule has 0 spiro atoms. The maximum Gasteiger partial charge on any atom is 0.341 e. The third-order valence-corrected chi connectivity index (χ3v) is 3.81. The summed E-state index contributed by atoms with van der Waals surface area (Å²) < 4.78 is 15.4. The lowest BCUT2D eigenvalue weighted by atomic mass is 9.97. The smallest absolute Gasteiger partial charge is 0.341 e. The van der Waals surface area contributed by atoms with Gasteiger partial charge in [-0.25, -0.2) is 4.79 Å². The van der Waals surface area contributed by atoms with Crippen molar-refractivity contribution in [1.29, 1.82) is 0 Å². The fourth-order valence-corrected chi connectivity index (χ4v) is 2.53. The predicted octanol–water partition coefficient (Wildman–Crippen LogP) is 3.97.